The molecule has 1 aromatic rings. The maximum absolute atomic E-state index is 13.2. The van der Waals surface area contributed by atoms with Gasteiger partial charge in [0.25, 0.3) is 0 Å². The lowest BCUT2D eigenvalue weighted by atomic mass is 10.00. The van der Waals surface area contributed by atoms with Gasteiger partial charge in [0, 0.05) is 12.8 Å². The van der Waals surface area contributed by atoms with Gasteiger partial charge in [-0.2, -0.15) is 0 Å². The monoisotopic (exact) mass is 524 g/mol. The van der Waals surface area contributed by atoms with Crippen LogP contribution in [0.25, 0.3) is 0 Å². The minimum absolute atomic E-state index is 0.0206. The van der Waals surface area contributed by atoms with Crippen LogP contribution < -0.4 is 21.7 Å². The number of aliphatic carboxylic acids is 2. The molecule has 0 spiro atoms. The molecule has 0 saturated carbocycles. The zero-order valence-corrected chi connectivity index (χ0v) is 21.0. The molecule has 37 heavy (non-hydrogen) atoms. The molecular weight excluding hydrogens is 488 g/mol. The highest BCUT2D eigenvalue weighted by molar-refractivity contribution is 5.94. The van der Waals surface area contributed by atoms with Gasteiger partial charge in [0.2, 0.25) is 17.7 Å². The minimum Gasteiger partial charge on any atom is -0.508 e. The summed E-state index contributed by atoms with van der Waals surface area (Å²) in [4.78, 5) is 60.8. The smallest absolute Gasteiger partial charge is 0.328 e. The fourth-order valence-corrected chi connectivity index (χ4v) is 3.38. The number of phenolic OH excluding ortho intramolecular Hbond substituents is 1. The van der Waals surface area contributed by atoms with Gasteiger partial charge in [-0.25, -0.2) is 4.79 Å². The molecule has 0 radical (unpaired) electrons. The van der Waals surface area contributed by atoms with Gasteiger partial charge < -0.3 is 42.1 Å². The Morgan fingerprint density at radius 3 is 1.89 bits per heavy atom. The van der Waals surface area contributed by atoms with Gasteiger partial charge >= 0.3 is 11.9 Å². The third kappa shape index (κ3) is 11.3. The Morgan fingerprint density at radius 1 is 0.865 bits per heavy atom. The lowest BCUT2D eigenvalue weighted by molar-refractivity contribution is -0.145. The van der Waals surface area contributed by atoms with Crippen LogP contribution in [-0.2, 0) is 30.4 Å². The Hall–Kier alpha value is -3.71. The molecule has 0 bridgehead atoms. The largest absolute Gasteiger partial charge is 0.508 e. The molecule has 3 amide bonds. The maximum atomic E-state index is 13.2. The summed E-state index contributed by atoms with van der Waals surface area (Å²) in [6, 6.07) is 0.558. The van der Waals surface area contributed by atoms with E-state index in [4.69, 9.17) is 10.8 Å². The van der Waals surface area contributed by atoms with Crippen molar-refractivity contribution in [3.63, 3.8) is 0 Å². The van der Waals surface area contributed by atoms with Crippen LogP contribution in [0, 0.1) is 5.92 Å². The van der Waals surface area contributed by atoms with E-state index in [1.807, 2.05) is 0 Å². The van der Waals surface area contributed by atoms with E-state index in [-0.39, 0.29) is 37.4 Å². The molecule has 0 aromatic heterocycles. The van der Waals surface area contributed by atoms with E-state index in [9.17, 15) is 39.3 Å². The minimum atomic E-state index is -1.63. The van der Waals surface area contributed by atoms with E-state index in [1.165, 1.54) is 31.2 Å². The normalized spacial score (nSPS) is 15.1. The Bertz CT molecular complexity index is 950. The van der Waals surface area contributed by atoms with Crippen molar-refractivity contribution in [2.45, 2.75) is 76.7 Å². The first-order valence-corrected chi connectivity index (χ1v) is 11.8. The first kappa shape index (κ1) is 31.3. The summed E-state index contributed by atoms with van der Waals surface area (Å²) in [6.07, 6.45) is -1.82. The predicted octanol–water partition coefficient (Wildman–Crippen LogP) is -0.907. The molecule has 13 heteroatoms. The third-order valence-electron chi connectivity index (χ3n) is 5.40. The number of aromatic hydroxyl groups is 1. The first-order valence-electron chi connectivity index (χ1n) is 11.8. The molecule has 0 aliphatic rings. The Morgan fingerprint density at radius 2 is 1.41 bits per heavy atom. The van der Waals surface area contributed by atoms with E-state index in [2.05, 4.69) is 16.0 Å². The number of carbonyl (C=O) groups is 5. The second kappa shape index (κ2) is 14.8. The van der Waals surface area contributed by atoms with Gasteiger partial charge in [0.05, 0.1) is 12.1 Å². The van der Waals surface area contributed by atoms with Crippen molar-refractivity contribution in [1.29, 1.82) is 0 Å². The van der Waals surface area contributed by atoms with Gasteiger partial charge in [-0.3, -0.25) is 19.2 Å². The van der Waals surface area contributed by atoms with E-state index >= 15 is 0 Å². The van der Waals surface area contributed by atoms with Crippen LogP contribution in [0.4, 0.5) is 0 Å². The summed E-state index contributed by atoms with van der Waals surface area (Å²) in [5.74, 6) is -5.05. The number of nitrogens with one attached hydrogen (secondary N) is 3. The van der Waals surface area contributed by atoms with Crippen molar-refractivity contribution in [2.24, 2.45) is 11.7 Å². The van der Waals surface area contributed by atoms with Gasteiger partial charge in [-0.05, 0) is 43.4 Å². The Balaban J connectivity index is 3.13. The molecule has 5 unspecified atom stereocenters. The molecule has 5 atom stereocenters. The fraction of sp³-hybridized carbons (Fsp3) is 0.542. The standard InChI is InChI=1S/C24H36N4O9/c1-12(2)10-17(26-21(33)16(25)8-9-19(31)32)22(34)27-18(11-14-4-6-15(30)7-5-14)23(35)28-20(13(3)29)24(36)37/h4-7,12-13,16-18,20,29-30H,8-11,25H2,1-3H3,(H,26,33)(H,27,34)(H,28,35)(H,31,32)(H,36,37). The van der Waals surface area contributed by atoms with Crippen molar-refractivity contribution in [3.05, 3.63) is 29.8 Å². The van der Waals surface area contributed by atoms with Crippen molar-refractivity contribution in [2.75, 3.05) is 0 Å². The van der Waals surface area contributed by atoms with Gasteiger partial charge in [-0.1, -0.05) is 26.0 Å². The van der Waals surface area contributed by atoms with Crippen LogP contribution in [0.15, 0.2) is 24.3 Å². The summed E-state index contributed by atoms with van der Waals surface area (Å²) in [6.45, 7) is 4.80. The van der Waals surface area contributed by atoms with E-state index in [0.717, 1.165) is 0 Å². The second-order valence-electron chi connectivity index (χ2n) is 9.23. The van der Waals surface area contributed by atoms with Gasteiger partial charge in [-0.15, -0.1) is 0 Å². The van der Waals surface area contributed by atoms with Crippen molar-refractivity contribution < 1.29 is 44.4 Å². The summed E-state index contributed by atoms with van der Waals surface area (Å²) < 4.78 is 0. The van der Waals surface area contributed by atoms with Gasteiger partial charge in [0.1, 0.15) is 17.8 Å². The number of phenols is 1. The van der Waals surface area contributed by atoms with Crippen LogP contribution in [0.2, 0.25) is 0 Å². The number of hydrogen-bond donors (Lipinski definition) is 8. The highest BCUT2D eigenvalue weighted by atomic mass is 16.4. The zero-order chi connectivity index (χ0) is 28.3. The van der Waals surface area contributed by atoms with Crippen LogP contribution in [0.3, 0.4) is 0 Å². The number of carbonyl (C=O) groups excluding carboxylic acids is 3. The predicted molar refractivity (Wildman–Crippen MR) is 131 cm³/mol. The molecule has 1 rings (SSSR count). The lowest BCUT2D eigenvalue weighted by Crippen LogP contribution is -2.59. The van der Waals surface area contributed by atoms with E-state index in [1.54, 1.807) is 13.8 Å². The highest BCUT2D eigenvalue weighted by Gasteiger charge is 2.32. The Kier molecular flexibility index (Phi) is 12.5. The Labute approximate surface area is 214 Å². The van der Waals surface area contributed by atoms with Crippen LogP contribution in [0.5, 0.6) is 5.75 Å². The van der Waals surface area contributed by atoms with Crippen molar-refractivity contribution in [1.82, 2.24) is 16.0 Å². The molecule has 0 aliphatic carbocycles. The lowest BCUT2D eigenvalue weighted by Gasteiger charge is -2.26. The molecule has 9 N–H and O–H groups in total. The van der Waals surface area contributed by atoms with Crippen LogP contribution in [-0.4, -0.2) is 80.4 Å². The molecule has 1 aromatic carbocycles. The number of amides is 3. The van der Waals surface area contributed by atoms with Crippen molar-refractivity contribution >= 4 is 29.7 Å². The number of aliphatic hydroxyl groups excluding tert-OH is 1. The molecular formula is C24H36N4O9. The fourth-order valence-electron chi connectivity index (χ4n) is 3.38. The molecule has 13 nitrogen and oxygen atoms in total. The molecule has 0 fully saturated rings. The summed E-state index contributed by atoms with van der Waals surface area (Å²) >= 11 is 0. The average Bonchev–Trinajstić information content (AvgIpc) is 2.80. The molecule has 206 valence electrons. The number of carboxylic acid groups (broad SMARTS) is 2. The van der Waals surface area contributed by atoms with E-state index < -0.39 is 59.9 Å². The van der Waals surface area contributed by atoms with E-state index in [0.29, 0.717) is 5.56 Å². The van der Waals surface area contributed by atoms with Crippen LogP contribution in [0.1, 0.15) is 45.6 Å². The molecule has 0 saturated heterocycles. The topological polar surface area (TPSA) is 228 Å². The summed E-state index contributed by atoms with van der Waals surface area (Å²) in [5, 5.41) is 44.6. The quantitative estimate of drug-likeness (QED) is 0.141. The van der Waals surface area contributed by atoms with Crippen LogP contribution >= 0.6 is 0 Å². The highest BCUT2D eigenvalue weighted by Crippen LogP contribution is 2.13. The SMILES string of the molecule is CC(C)CC(NC(=O)C(N)CCC(=O)O)C(=O)NC(Cc1ccc(O)cc1)C(=O)NC(C(=O)O)C(C)O. The molecule has 0 heterocycles. The summed E-state index contributed by atoms with van der Waals surface area (Å²) in [5.41, 5.74) is 6.28. The zero-order valence-electron chi connectivity index (χ0n) is 21.0. The second-order valence-corrected chi connectivity index (χ2v) is 9.23. The number of aliphatic hydroxyl groups is 1. The number of hydrogen-bond acceptors (Lipinski definition) is 8. The third-order valence-corrected chi connectivity index (χ3v) is 5.40. The molecule has 0 aliphatic heterocycles. The number of nitrogens with two attached hydrogens (primary N) is 1. The summed E-state index contributed by atoms with van der Waals surface area (Å²) in [7, 11) is 0. The van der Waals surface area contributed by atoms with Gasteiger partial charge in [0.15, 0.2) is 6.04 Å². The van der Waals surface area contributed by atoms with Crippen molar-refractivity contribution in [3.8, 4) is 5.75 Å². The maximum Gasteiger partial charge on any atom is 0.328 e. The first-order chi connectivity index (χ1) is 17.2. The number of benzene rings is 1. The average molecular weight is 525 g/mol. The number of rotatable bonds is 15. The number of carboxylic acids is 2.